The molecule has 1 aliphatic rings. The summed E-state index contributed by atoms with van der Waals surface area (Å²) in [6.07, 6.45) is 5.09. The van der Waals surface area contributed by atoms with E-state index in [1.165, 1.54) is 11.6 Å². The molecule has 1 heterocycles. The van der Waals surface area contributed by atoms with Crippen molar-refractivity contribution < 1.29 is 19.0 Å². The molecule has 0 amide bonds. The Labute approximate surface area is 132 Å². The third kappa shape index (κ3) is 4.68. The maximum Gasteiger partial charge on any atom is 0.330 e. The van der Waals surface area contributed by atoms with E-state index in [0.29, 0.717) is 19.8 Å². The van der Waals surface area contributed by atoms with Crippen molar-refractivity contribution in [1.82, 2.24) is 0 Å². The van der Waals surface area contributed by atoms with Crippen LogP contribution in [0.5, 0.6) is 0 Å². The van der Waals surface area contributed by atoms with Crippen LogP contribution in [0.3, 0.4) is 0 Å². The summed E-state index contributed by atoms with van der Waals surface area (Å²) >= 11 is 0. The third-order valence-corrected chi connectivity index (χ3v) is 3.83. The van der Waals surface area contributed by atoms with E-state index in [0.717, 1.165) is 12.8 Å². The molecule has 0 saturated carbocycles. The minimum absolute atomic E-state index is 0.124. The molecule has 1 aromatic carbocycles. The van der Waals surface area contributed by atoms with Gasteiger partial charge in [-0.05, 0) is 25.0 Å². The molecule has 0 unspecified atom stereocenters. The summed E-state index contributed by atoms with van der Waals surface area (Å²) in [6, 6.07) is 10.1. The van der Waals surface area contributed by atoms with E-state index in [4.69, 9.17) is 14.2 Å². The van der Waals surface area contributed by atoms with E-state index in [2.05, 4.69) is 6.92 Å². The lowest BCUT2D eigenvalue weighted by molar-refractivity contribution is -0.137. The Bertz CT molecular complexity index is 497. The molecule has 1 aromatic rings. The smallest absolute Gasteiger partial charge is 0.330 e. The van der Waals surface area contributed by atoms with Crippen molar-refractivity contribution in [3.8, 4) is 0 Å². The topological polar surface area (TPSA) is 48.1 Å². The standard InChI is InChI=1S/C18H24O4/c1-3-18(12-10-17(19)21-4-2)16(22-18)11-13-20-14-15-8-6-5-7-9-15/h5-10,12,16H,3-4,11,13-14H2,1-2H3/b12-10+/t16-,18+/m1/s1. The van der Waals surface area contributed by atoms with E-state index in [1.807, 2.05) is 36.4 Å². The average molecular weight is 304 g/mol. The fourth-order valence-electron chi connectivity index (χ4n) is 2.46. The maximum atomic E-state index is 11.4. The van der Waals surface area contributed by atoms with Gasteiger partial charge in [-0.15, -0.1) is 0 Å². The number of epoxide rings is 1. The molecule has 2 atom stereocenters. The van der Waals surface area contributed by atoms with Gasteiger partial charge < -0.3 is 14.2 Å². The van der Waals surface area contributed by atoms with Gasteiger partial charge in [-0.3, -0.25) is 0 Å². The van der Waals surface area contributed by atoms with Crippen molar-refractivity contribution >= 4 is 5.97 Å². The van der Waals surface area contributed by atoms with Crippen LogP contribution in [-0.2, 0) is 25.6 Å². The van der Waals surface area contributed by atoms with Crippen LogP contribution in [0.4, 0.5) is 0 Å². The lowest BCUT2D eigenvalue weighted by Crippen LogP contribution is -2.13. The molecule has 4 nitrogen and oxygen atoms in total. The SMILES string of the molecule is CCOC(=O)/C=C/[C@]1(CC)O[C@@H]1CCOCc1ccccc1. The molecule has 4 heteroatoms. The summed E-state index contributed by atoms with van der Waals surface area (Å²) in [6.45, 7) is 5.50. The Kier molecular flexibility index (Phi) is 6.16. The van der Waals surface area contributed by atoms with Crippen LogP contribution >= 0.6 is 0 Å². The van der Waals surface area contributed by atoms with Crippen LogP contribution in [0, 0.1) is 0 Å². The van der Waals surface area contributed by atoms with Gasteiger partial charge in [0.2, 0.25) is 0 Å². The monoisotopic (exact) mass is 304 g/mol. The molecule has 2 rings (SSSR count). The zero-order valence-corrected chi connectivity index (χ0v) is 13.3. The Morgan fingerprint density at radius 2 is 2.09 bits per heavy atom. The van der Waals surface area contributed by atoms with Gasteiger partial charge in [0.15, 0.2) is 0 Å². The molecule has 1 saturated heterocycles. The van der Waals surface area contributed by atoms with E-state index in [1.54, 1.807) is 6.92 Å². The van der Waals surface area contributed by atoms with Crippen LogP contribution in [0.25, 0.3) is 0 Å². The summed E-state index contributed by atoms with van der Waals surface area (Å²) in [5.41, 5.74) is 0.853. The number of rotatable bonds is 9. The third-order valence-electron chi connectivity index (χ3n) is 3.83. The van der Waals surface area contributed by atoms with Crippen LogP contribution < -0.4 is 0 Å². The van der Waals surface area contributed by atoms with Crippen molar-refractivity contribution in [1.29, 1.82) is 0 Å². The molecule has 0 spiro atoms. The van der Waals surface area contributed by atoms with Crippen LogP contribution in [0.2, 0.25) is 0 Å². The summed E-state index contributed by atoms with van der Waals surface area (Å²) < 4.78 is 16.3. The number of benzene rings is 1. The number of esters is 1. The highest BCUT2D eigenvalue weighted by molar-refractivity contribution is 5.82. The summed E-state index contributed by atoms with van der Waals surface area (Å²) in [4.78, 5) is 11.4. The van der Waals surface area contributed by atoms with E-state index >= 15 is 0 Å². The van der Waals surface area contributed by atoms with Gasteiger partial charge in [-0.2, -0.15) is 0 Å². The van der Waals surface area contributed by atoms with Gasteiger partial charge in [0, 0.05) is 19.1 Å². The number of carbonyl (C=O) groups excluding carboxylic acids is 1. The lowest BCUT2D eigenvalue weighted by atomic mass is 10.00. The maximum absolute atomic E-state index is 11.4. The van der Waals surface area contributed by atoms with Crippen molar-refractivity contribution in [3.63, 3.8) is 0 Å². The normalized spacial score (nSPS) is 23.6. The molecule has 0 aliphatic carbocycles. The van der Waals surface area contributed by atoms with Crippen LogP contribution in [-0.4, -0.2) is 30.9 Å². The highest BCUT2D eigenvalue weighted by atomic mass is 16.6. The van der Waals surface area contributed by atoms with Crippen molar-refractivity contribution in [2.24, 2.45) is 0 Å². The number of hydrogen-bond acceptors (Lipinski definition) is 4. The molecule has 0 N–H and O–H groups in total. The quantitative estimate of drug-likeness (QED) is 0.304. The predicted octanol–water partition coefficient (Wildman–Crippen LogP) is 3.26. The number of hydrogen-bond donors (Lipinski definition) is 0. The molecule has 1 fully saturated rings. The first kappa shape index (κ1) is 16.7. The van der Waals surface area contributed by atoms with Gasteiger partial charge >= 0.3 is 5.97 Å². The molecular formula is C18H24O4. The summed E-state index contributed by atoms with van der Waals surface area (Å²) in [5, 5.41) is 0. The first-order valence-corrected chi connectivity index (χ1v) is 7.85. The Morgan fingerprint density at radius 3 is 2.77 bits per heavy atom. The van der Waals surface area contributed by atoms with Gasteiger partial charge in [0.05, 0.1) is 19.3 Å². The molecular weight excluding hydrogens is 280 g/mol. The average Bonchev–Trinajstić information content (AvgIpc) is 3.25. The largest absolute Gasteiger partial charge is 0.463 e. The van der Waals surface area contributed by atoms with Crippen molar-refractivity contribution in [2.75, 3.05) is 13.2 Å². The highest BCUT2D eigenvalue weighted by Crippen LogP contribution is 2.43. The second-order valence-corrected chi connectivity index (χ2v) is 5.33. The Morgan fingerprint density at radius 1 is 1.32 bits per heavy atom. The molecule has 0 aromatic heterocycles. The molecule has 1 aliphatic heterocycles. The summed E-state index contributed by atoms with van der Waals surface area (Å²) in [5.74, 6) is -0.315. The van der Waals surface area contributed by atoms with Gasteiger partial charge in [-0.25, -0.2) is 4.79 Å². The van der Waals surface area contributed by atoms with E-state index in [9.17, 15) is 4.79 Å². The van der Waals surface area contributed by atoms with Crippen molar-refractivity contribution in [2.45, 2.75) is 45.0 Å². The fourth-order valence-corrected chi connectivity index (χ4v) is 2.46. The zero-order chi connectivity index (χ0) is 15.8. The Balaban J connectivity index is 1.70. The van der Waals surface area contributed by atoms with Crippen LogP contribution in [0.1, 0.15) is 32.3 Å². The predicted molar refractivity (Wildman–Crippen MR) is 84.4 cm³/mol. The number of carbonyl (C=O) groups is 1. The molecule has 22 heavy (non-hydrogen) atoms. The Hall–Kier alpha value is -1.65. The van der Waals surface area contributed by atoms with E-state index in [-0.39, 0.29) is 17.7 Å². The minimum atomic E-state index is -0.317. The van der Waals surface area contributed by atoms with Gasteiger partial charge in [-0.1, -0.05) is 37.3 Å². The van der Waals surface area contributed by atoms with Crippen molar-refractivity contribution in [3.05, 3.63) is 48.0 Å². The zero-order valence-electron chi connectivity index (χ0n) is 13.3. The molecule has 0 bridgehead atoms. The number of ether oxygens (including phenoxy) is 3. The second kappa shape index (κ2) is 8.11. The van der Waals surface area contributed by atoms with Gasteiger partial charge in [0.1, 0.15) is 5.60 Å². The first-order valence-electron chi connectivity index (χ1n) is 7.85. The fraction of sp³-hybridized carbons (Fsp3) is 0.500. The minimum Gasteiger partial charge on any atom is -0.463 e. The highest BCUT2D eigenvalue weighted by Gasteiger charge is 2.52. The molecule has 0 radical (unpaired) electrons. The molecule has 120 valence electrons. The van der Waals surface area contributed by atoms with E-state index < -0.39 is 0 Å². The van der Waals surface area contributed by atoms with Gasteiger partial charge in [0.25, 0.3) is 0 Å². The first-order chi connectivity index (χ1) is 10.7. The van der Waals surface area contributed by atoms with Crippen LogP contribution in [0.15, 0.2) is 42.5 Å². The lowest BCUT2D eigenvalue weighted by Gasteiger charge is -2.05. The second-order valence-electron chi connectivity index (χ2n) is 5.33. The summed E-state index contributed by atoms with van der Waals surface area (Å²) in [7, 11) is 0.